The summed E-state index contributed by atoms with van der Waals surface area (Å²) in [6, 6.07) is 14.0. The molecule has 0 fully saturated rings. The number of amides is 1. The van der Waals surface area contributed by atoms with Gasteiger partial charge in [-0.3, -0.25) is 4.79 Å². The number of hydrogen-bond acceptors (Lipinski definition) is 2. The summed E-state index contributed by atoms with van der Waals surface area (Å²) in [5.74, 6) is -0.0263. The molecule has 0 spiro atoms. The van der Waals surface area contributed by atoms with Gasteiger partial charge in [-0.25, -0.2) is 0 Å². The van der Waals surface area contributed by atoms with E-state index in [2.05, 4.69) is 17.4 Å². The van der Waals surface area contributed by atoms with Crippen molar-refractivity contribution in [3.8, 4) is 0 Å². The lowest BCUT2D eigenvalue weighted by Gasteiger charge is -2.16. The van der Waals surface area contributed by atoms with E-state index in [4.69, 9.17) is 0 Å². The molecule has 0 aliphatic heterocycles. The molecule has 1 aliphatic rings. The van der Waals surface area contributed by atoms with Crippen molar-refractivity contribution >= 4 is 23.4 Å². The zero-order valence-electron chi connectivity index (χ0n) is 12.2. The second-order valence-corrected chi connectivity index (χ2v) is 6.26. The van der Waals surface area contributed by atoms with Crippen LogP contribution in [-0.2, 0) is 12.8 Å². The highest BCUT2D eigenvalue weighted by Crippen LogP contribution is 2.23. The van der Waals surface area contributed by atoms with Gasteiger partial charge in [0.15, 0.2) is 0 Å². The molecule has 1 aliphatic carbocycles. The molecule has 0 heterocycles. The Morgan fingerprint density at radius 1 is 1.05 bits per heavy atom. The van der Waals surface area contributed by atoms with Crippen molar-refractivity contribution in [2.45, 2.75) is 30.6 Å². The number of fused-ring (bicyclic) bond motifs is 1. The predicted molar refractivity (Wildman–Crippen MR) is 89.3 cm³/mol. The molecule has 0 unspecified atom stereocenters. The smallest absolute Gasteiger partial charge is 0.255 e. The van der Waals surface area contributed by atoms with E-state index in [1.54, 1.807) is 11.8 Å². The molecule has 0 saturated heterocycles. The molecule has 1 N–H and O–H groups in total. The Balaban J connectivity index is 1.78. The molecule has 0 radical (unpaired) electrons. The second kappa shape index (κ2) is 6.35. The summed E-state index contributed by atoms with van der Waals surface area (Å²) >= 11 is 1.67. The lowest BCUT2D eigenvalue weighted by Crippen LogP contribution is -2.13. The van der Waals surface area contributed by atoms with Crippen molar-refractivity contribution in [3.05, 3.63) is 59.2 Å². The molecule has 0 aromatic heterocycles. The van der Waals surface area contributed by atoms with Gasteiger partial charge < -0.3 is 5.32 Å². The average molecular weight is 297 g/mol. The quantitative estimate of drug-likeness (QED) is 0.843. The van der Waals surface area contributed by atoms with Crippen LogP contribution in [-0.4, -0.2) is 12.2 Å². The van der Waals surface area contributed by atoms with Crippen LogP contribution in [0.2, 0.25) is 0 Å². The van der Waals surface area contributed by atoms with E-state index < -0.39 is 0 Å². The Hall–Kier alpha value is -1.74. The molecule has 2 aromatic rings. The third-order valence-electron chi connectivity index (χ3n) is 3.94. The fourth-order valence-electron chi connectivity index (χ4n) is 2.78. The molecule has 0 saturated carbocycles. The largest absolute Gasteiger partial charge is 0.322 e. The third kappa shape index (κ3) is 3.30. The first-order valence-electron chi connectivity index (χ1n) is 7.33. The highest BCUT2D eigenvalue weighted by Gasteiger charge is 2.13. The summed E-state index contributed by atoms with van der Waals surface area (Å²) in [6.45, 7) is 0. The molecule has 3 heteroatoms. The fourth-order valence-corrected chi connectivity index (χ4v) is 3.24. The van der Waals surface area contributed by atoms with Crippen LogP contribution in [0.3, 0.4) is 0 Å². The first kappa shape index (κ1) is 14.2. The molecule has 1 amide bonds. The van der Waals surface area contributed by atoms with Gasteiger partial charge in [0, 0.05) is 16.1 Å². The van der Waals surface area contributed by atoms with Gasteiger partial charge in [0.1, 0.15) is 0 Å². The van der Waals surface area contributed by atoms with Crippen molar-refractivity contribution in [2.75, 3.05) is 11.6 Å². The van der Waals surface area contributed by atoms with Crippen LogP contribution in [0.4, 0.5) is 5.69 Å². The number of thioether (sulfide) groups is 1. The molecule has 0 atom stereocenters. The van der Waals surface area contributed by atoms with Gasteiger partial charge in [0.2, 0.25) is 0 Å². The fraction of sp³-hybridized carbons (Fsp3) is 0.278. The van der Waals surface area contributed by atoms with E-state index in [1.807, 2.05) is 36.6 Å². The number of rotatable bonds is 3. The Bertz CT molecular complexity index is 666. The van der Waals surface area contributed by atoms with E-state index in [1.165, 1.54) is 24.0 Å². The normalized spacial score (nSPS) is 13.6. The van der Waals surface area contributed by atoms with Gasteiger partial charge in [0.05, 0.1) is 0 Å². The highest BCUT2D eigenvalue weighted by atomic mass is 32.2. The number of hydrogen-bond donors (Lipinski definition) is 1. The molecule has 108 valence electrons. The number of anilines is 1. The van der Waals surface area contributed by atoms with Crippen LogP contribution in [0.5, 0.6) is 0 Å². The van der Waals surface area contributed by atoms with E-state index in [0.717, 1.165) is 29.0 Å². The molecular weight excluding hydrogens is 278 g/mol. The second-order valence-electron chi connectivity index (χ2n) is 5.38. The first-order valence-corrected chi connectivity index (χ1v) is 8.56. The van der Waals surface area contributed by atoms with E-state index in [9.17, 15) is 4.79 Å². The van der Waals surface area contributed by atoms with E-state index in [0.29, 0.717) is 0 Å². The van der Waals surface area contributed by atoms with Crippen LogP contribution in [0.15, 0.2) is 47.4 Å². The van der Waals surface area contributed by atoms with Crippen LogP contribution < -0.4 is 5.32 Å². The Labute approximate surface area is 130 Å². The van der Waals surface area contributed by atoms with Crippen LogP contribution >= 0.6 is 11.8 Å². The molecule has 2 nitrogen and oxygen atoms in total. The summed E-state index contributed by atoms with van der Waals surface area (Å²) in [5, 5.41) is 2.99. The summed E-state index contributed by atoms with van der Waals surface area (Å²) in [5.41, 5.74) is 4.35. The van der Waals surface area contributed by atoms with Crippen molar-refractivity contribution in [2.24, 2.45) is 0 Å². The third-order valence-corrected chi connectivity index (χ3v) is 4.66. The summed E-state index contributed by atoms with van der Waals surface area (Å²) in [4.78, 5) is 13.5. The van der Waals surface area contributed by atoms with Crippen LogP contribution in [0.25, 0.3) is 0 Å². The summed E-state index contributed by atoms with van der Waals surface area (Å²) < 4.78 is 0. The van der Waals surface area contributed by atoms with E-state index >= 15 is 0 Å². The zero-order chi connectivity index (χ0) is 14.7. The minimum atomic E-state index is -0.0263. The van der Waals surface area contributed by atoms with Crippen molar-refractivity contribution in [1.82, 2.24) is 0 Å². The number of benzene rings is 2. The van der Waals surface area contributed by atoms with Gasteiger partial charge in [-0.15, -0.1) is 11.8 Å². The highest BCUT2D eigenvalue weighted by molar-refractivity contribution is 7.98. The van der Waals surface area contributed by atoms with Gasteiger partial charge in [-0.05, 0) is 73.4 Å². The van der Waals surface area contributed by atoms with Crippen molar-refractivity contribution in [3.63, 3.8) is 0 Å². The Morgan fingerprint density at radius 2 is 1.86 bits per heavy atom. The maximum absolute atomic E-state index is 12.4. The Kier molecular flexibility index (Phi) is 4.30. The number of aryl methyl sites for hydroxylation is 2. The molecule has 21 heavy (non-hydrogen) atoms. The monoisotopic (exact) mass is 297 g/mol. The maximum atomic E-state index is 12.4. The van der Waals surface area contributed by atoms with Gasteiger partial charge in [-0.2, -0.15) is 0 Å². The van der Waals surface area contributed by atoms with Gasteiger partial charge in [0.25, 0.3) is 5.91 Å². The topological polar surface area (TPSA) is 29.1 Å². The average Bonchev–Trinajstić information content (AvgIpc) is 2.54. The van der Waals surface area contributed by atoms with Gasteiger partial charge >= 0.3 is 0 Å². The maximum Gasteiger partial charge on any atom is 0.255 e. The minimum absolute atomic E-state index is 0.0263. The number of carbonyl (C=O) groups is 1. The number of nitrogens with one attached hydrogen (secondary N) is 1. The SMILES string of the molecule is CSc1cccc(NC(=O)c2ccc3c(c2)CCCC3)c1. The molecule has 3 rings (SSSR count). The van der Waals surface area contributed by atoms with Crippen LogP contribution in [0.1, 0.15) is 34.3 Å². The minimum Gasteiger partial charge on any atom is -0.322 e. The molecular formula is C18H19NOS. The van der Waals surface area contributed by atoms with Crippen LogP contribution in [0, 0.1) is 0 Å². The molecule has 2 aromatic carbocycles. The van der Waals surface area contributed by atoms with E-state index in [-0.39, 0.29) is 5.91 Å². The Morgan fingerprint density at radius 3 is 2.67 bits per heavy atom. The molecule has 0 bridgehead atoms. The predicted octanol–water partition coefficient (Wildman–Crippen LogP) is 4.54. The first-order chi connectivity index (χ1) is 10.3. The van der Waals surface area contributed by atoms with Crippen molar-refractivity contribution in [1.29, 1.82) is 0 Å². The lowest BCUT2D eigenvalue weighted by atomic mass is 9.90. The zero-order valence-corrected chi connectivity index (χ0v) is 13.0. The lowest BCUT2D eigenvalue weighted by molar-refractivity contribution is 0.102. The summed E-state index contributed by atoms with van der Waals surface area (Å²) in [7, 11) is 0. The summed E-state index contributed by atoms with van der Waals surface area (Å²) in [6.07, 6.45) is 6.77. The number of carbonyl (C=O) groups excluding carboxylic acids is 1. The van der Waals surface area contributed by atoms with Crippen molar-refractivity contribution < 1.29 is 4.79 Å². The van der Waals surface area contributed by atoms with Gasteiger partial charge in [-0.1, -0.05) is 12.1 Å². The standard InChI is InChI=1S/C18H19NOS/c1-21-17-8-4-7-16(12-17)19-18(20)15-10-9-13-5-2-3-6-14(13)11-15/h4,7-12H,2-3,5-6H2,1H3,(H,19,20).